The molecule has 0 fully saturated rings. The Morgan fingerprint density at radius 2 is 1.68 bits per heavy atom. The highest BCUT2D eigenvalue weighted by atomic mass is 19.1. The largest absolute Gasteiger partial charge is 0.362 e. The molecule has 0 spiro atoms. The molecule has 96 valence electrons. The highest BCUT2D eigenvalue weighted by Crippen LogP contribution is 2.09. The molecule has 3 heteroatoms. The van der Waals surface area contributed by atoms with Gasteiger partial charge in [0.05, 0.1) is 0 Å². The van der Waals surface area contributed by atoms with Crippen LogP contribution in [0.1, 0.15) is 15.9 Å². The fraction of sp³-hybridized carbons (Fsp3) is 0.0625. The number of benzene rings is 2. The zero-order valence-electron chi connectivity index (χ0n) is 10.6. The van der Waals surface area contributed by atoms with Crippen molar-refractivity contribution in [1.29, 1.82) is 0 Å². The quantitative estimate of drug-likeness (QED) is 0.662. The van der Waals surface area contributed by atoms with Gasteiger partial charge in [-0.3, -0.25) is 4.79 Å². The number of hydrogen-bond donors (Lipinski definition) is 1. The third kappa shape index (κ3) is 3.78. The van der Waals surface area contributed by atoms with Crippen molar-refractivity contribution >= 4 is 11.5 Å². The van der Waals surface area contributed by atoms with E-state index in [1.165, 1.54) is 35.9 Å². The van der Waals surface area contributed by atoms with E-state index in [4.69, 9.17) is 0 Å². The van der Waals surface area contributed by atoms with Gasteiger partial charge in [-0.1, -0.05) is 17.7 Å². The number of halogens is 1. The Morgan fingerprint density at radius 3 is 2.32 bits per heavy atom. The average molecular weight is 255 g/mol. The second-order valence-corrected chi connectivity index (χ2v) is 4.21. The molecule has 2 rings (SSSR count). The van der Waals surface area contributed by atoms with Gasteiger partial charge in [0.1, 0.15) is 5.82 Å². The van der Waals surface area contributed by atoms with Crippen LogP contribution in [-0.2, 0) is 0 Å². The lowest BCUT2D eigenvalue weighted by molar-refractivity contribution is 0.104. The van der Waals surface area contributed by atoms with Crippen molar-refractivity contribution < 1.29 is 9.18 Å². The van der Waals surface area contributed by atoms with Crippen LogP contribution in [0.2, 0.25) is 0 Å². The summed E-state index contributed by atoms with van der Waals surface area (Å²) in [5, 5.41) is 3.01. The summed E-state index contributed by atoms with van der Waals surface area (Å²) in [6.07, 6.45) is 3.00. The van der Waals surface area contributed by atoms with Crippen molar-refractivity contribution in [1.82, 2.24) is 0 Å². The molecule has 1 N–H and O–H groups in total. The molecule has 0 aliphatic heterocycles. The van der Waals surface area contributed by atoms with Gasteiger partial charge >= 0.3 is 0 Å². The van der Waals surface area contributed by atoms with Crippen LogP contribution in [0.15, 0.2) is 60.8 Å². The molecule has 0 radical (unpaired) electrons. The van der Waals surface area contributed by atoms with Crippen LogP contribution < -0.4 is 5.32 Å². The maximum atomic E-state index is 12.7. The van der Waals surface area contributed by atoms with Gasteiger partial charge in [0.25, 0.3) is 0 Å². The van der Waals surface area contributed by atoms with Crippen molar-refractivity contribution in [2.45, 2.75) is 6.92 Å². The fourth-order valence-electron chi connectivity index (χ4n) is 1.57. The lowest BCUT2D eigenvalue weighted by atomic mass is 10.1. The molecule has 0 saturated carbocycles. The summed E-state index contributed by atoms with van der Waals surface area (Å²) in [5.74, 6) is -0.516. The van der Waals surface area contributed by atoms with Crippen LogP contribution in [0.4, 0.5) is 10.1 Å². The molecule has 2 aromatic rings. The second-order valence-electron chi connectivity index (χ2n) is 4.21. The predicted octanol–water partition coefficient (Wildman–Crippen LogP) is 3.94. The van der Waals surface area contributed by atoms with Crippen molar-refractivity contribution in [2.24, 2.45) is 0 Å². The van der Waals surface area contributed by atoms with Crippen molar-refractivity contribution in [2.75, 3.05) is 5.32 Å². The normalized spacial score (nSPS) is 10.6. The molecule has 0 aliphatic rings. The van der Waals surface area contributed by atoms with Gasteiger partial charge in [-0.05, 0) is 43.3 Å². The van der Waals surface area contributed by atoms with Crippen molar-refractivity contribution in [3.63, 3.8) is 0 Å². The molecule has 0 atom stereocenters. The molecule has 0 heterocycles. The first-order valence-electron chi connectivity index (χ1n) is 5.95. The first-order chi connectivity index (χ1) is 9.15. The lowest BCUT2D eigenvalue weighted by Gasteiger charge is -2.00. The van der Waals surface area contributed by atoms with Gasteiger partial charge in [0.2, 0.25) is 0 Å². The average Bonchev–Trinajstić information content (AvgIpc) is 2.41. The standard InChI is InChI=1S/C16H14FNO/c1-12-2-8-15(9-3-12)18-11-10-16(19)13-4-6-14(17)7-5-13/h2-11,18H,1H3. The molecule has 0 bridgehead atoms. The van der Waals surface area contributed by atoms with Gasteiger partial charge in [0.15, 0.2) is 5.78 Å². The summed E-state index contributed by atoms with van der Waals surface area (Å²) >= 11 is 0. The SMILES string of the molecule is Cc1ccc(NC=CC(=O)c2ccc(F)cc2)cc1. The summed E-state index contributed by atoms with van der Waals surface area (Å²) in [6, 6.07) is 13.3. The molecule has 19 heavy (non-hydrogen) atoms. The summed E-state index contributed by atoms with van der Waals surface area (Å²) in [6.45, 7) is 2.01. The minimum Gasteiger partial charge on any atom is -0.362 e. The molecule has 2 aromatic carbocycles. The maximum Gasteiger partial charge on any atom is 0.187 e. The van der Waals surface area contributed by atoms with E-state index in [1.54, 1.807) is 6.20 Å². The molecule has 2 nitrogen and oxygen atoms in total. The van der Waals surface area contributed by atoms with E-state index in [-0.39, 0.29) is 11.6 Å². The zero-order valence-corrected chi connectivity index (χ0v) is 10.6. The Balaban J connectivity index is 1.97. The third-order valence-corrected chi connectivity index (χ3v) is 2.67. The number of carbonyl (C=O) groups is 1. The number of ketones is 1. The van der Waals surface area contributed by atoms with Crippen LogP contribution in [0.3, 0.4) is 0 Å². The van der Waals surface area contributed by atoms with Gasteiger partial charge < -0.3 is 5.32 Å². The van der Waals surface area contributed by atoms with Crippen LogP contribution >= 0.6 is 0 Å². The molecule has 0 saturated heterocycles. The number of carbonyl (C=O) groups excluding carboxylic acids is 1. The Bertz CT molecular complexity index is 585. The smallest absolute Gasteiger partial charge is 0.187 e. The van der Waals surface area contributed by atoms with Crippen LogP contribution in [0.25, 0.3) is 0 Å². The molecule has 0 amide bonds. The summed E-state index contributed by atoms with van der Waals surface area (Å²) in [7, 11) is 0. The Kier molecular flexibility index (Phi) is 4.08. The highest BCUT2D eigenvalue weighted by Gasteiger charge is 2.00. The van der Waals surface area contributed by atoms with Gasteiger partial charge in [-0.2, -0.15) is 0 Å². The fourth-order valence-corrected chi connectivity index (χ4v) is 1.57. The first-order valence-corrected chi connectivity index (χ1v) is 5.95. The predicted molar refractivity (Wildman–Crippen MR) is 74.7 cm³/mol. The summed E-state index contributed by atoms with van der Waals surface area (Å²) in [5.41, 5.74) is 2.55. The Morgan fingerprint density at radius 1 is 1.05 bits per heavy atom. The summed E-state index contributed by atoms with van der Waals surface area (Å²) in [4.78, 5) is 11.8. The number of allylic oxidation sites excluding steroid dienone is 1. The number of hydrogen-bond acceptors (Lipinski definition) is 2. The van der Waals surface area contributed by atoms with E-state index in [0.717, 1.165) is 5.69 Å². The van der Waals surface area contributed by atoms with Crippen LogP contribution in [0, 0.1) is 12.7 Å². The third-order valence-electron chi connectivity index (χ3n) is 2.67. The zero-order chi connectivity index (χ0) is 13.7. The molecule has 0 aliphatic carbocycles. The highest BCUT2D eigenvalue weighted by molar-refractivity contribution is 6.04. The first kappa shape index (κ1) is 13.0. The van der Waals surface area contributed by atoms with E-state index < -0.39 is 0 Å². The molecule has 0 aromatic heterocycles. The summed E-state index contributed by atoms with van der Waals surface area (Å²) < 4.78 is 12.7. The number of anilines is 1. The number of nitrogens with one attached hydrogen (secondary N) is 1. The minimum atomic E-state index is -0.349. The monoisotopic (exact) mass is 255 g/mol. The van der Waals surface area contributed by atoms with Crippen LogP contribution in [-0.4, -0.2) is 5.78 Å². The van der Waals surface area contributed by atoms with Gasteiger partial charge in [-0.15, -0.1) is 0 Å². The van der Waals surface area contributed by atoms with E-state index >= 15 is 0 Å². The van der Waals surface area contributed by atoms with E-state index in [2.05, 4.69) is 5.32 Å². The van der Waals surface area contributed by atoms with Gasteiger partial charge in [0, 0.05) is 23.5 Å². The second kappa shape index (κ2) is 5.96. The van der Waals surface area contributed by atoms with E-state index in [0.29, 0.717) is 5.56 Å². The van der Waals surface area contributed by atoms with Crippen molar-refractivity contribution in [3.8, 4) is 0 Å². The molecule has 0 unspecified atom stereocenters. The molecular weight excluding hydrogens is 241 g/mol. The maximum absolute atomic E-state index is 12.7. The number of aryl methyl sites for hydroxylation is 1. The Hall–Kier alpha value is -2.42. The lowest BCUT2D eigenvalue weighted by Crippen LogP contribution is -1.96. The van der Waals surface area contributed by atoms with E-state index in [1.807, 2.05) is 31.2 Å². The topological polar surface area (TPSA) is 29.1 Å². The Labute approximate surface area is 111 Å². The van der Waals surface area contributed by atoms with E-state index in [9.17, 15) is 9.18 Å². The number of rotatable bonds is 4. The molecular formula is C16H14FNO. The van der Waals surface area contributed by atoms with Crippen molar-refractivity contribution in [3.05, 3.63) is 77.8 Å². The van der Waals surface area contributed by atoms with Gasteiger partial charge in [-0.25, -0.2) is 4.39 Å². The van der Waals surface area contributed by atoms with Crippen LogP contribution in [0.5, 0.6) is 0 Å². The minimum absolute atomic E-state index is 0.167.